The van der Waals surface area contributed by atoms with Gasteiger partial charge in [-0.1, -0.05) is 45.1 Å². The van der Waals surface area contributed by atoms with Crippen molar-refractivity contribution >= 4 is 0 Å². The van der Waals surface area contributed by atoms with Gasteiger partial charge in [0.1, 0.15) is 11.9 Å². The largest absolute Gasteiger partial charge is 0.508 e. The zero-order chi connectivity index (χ0) is 31.6. The van der Waals surface area contributed by atoms with Gasteiger partial charge in [-0.2, -0.15) is 22.0 Å². The van der Waals surface area contributed by atoms with Crippen molar-refractivity contribution in [3.8, 4) is 5.75 Å². The van der Waals surface area contributed by atoms with Gasteiger partial charge in [-0.25, -0.2) is 4.39 Å². The van der Waals surface area contributed by atoms with Gasteiger partial charge in [-0.3, -0.25) is 0 Å². The Balaban J connectivity index is 1.22. The predicted molar refractivity (Wildman–Crippen MR) is 157 cm³/mol. The fraction of sp³-hybridized carbons (Fsp3) is 0.824. The van der Waals surface area contributed by atoms with E-state index in [0.717, 1.165) is 75.5 Å². The number of benzene rings is 1. The number of hydrogen-bond acceptors (Lipinski definition) is 3. The highest BCUT2D eigenvalue weighted by Crippen LogP contribution is 2.63. The summed E-state index contributed by atoms with van der Waals surface area (Å²) >= 11 is 0. The second-order valence-corrected chi connectivity index (χ2v) is 14.2. The highest BCUT2D eigenvalue weighted by molar-refractivity contribution is 5.41. The Morgan fingerprint density at radius 1 is 1.00 bits per heavy atom. The lowest BCUT2D eigenvalue weighted by Gasteiger charge is -2.54. The molecule has 1 aromatic rings. The summed E-state index contributed by atoms with van der Waals surface area (Å²) in [6, 6.07) is 5.78. The molecule has 0 spiro atoms. The lowest BCUT2D eigenvalue weighted by Crippen LogP contribution is -2.51. The number of aliphatic hydroxyl groups is 1. The van der Waals surface area contributed by atoms with Crippen molar-refractivity contribution in [1.82, 2.24) is 4.90 Å². The monoisotopic (exact) mass is 619 g/mol. The van der Waals surface area contributed by atoms with Crippen molar-refractivity contribution < 1.29 is 36.6 Å². The van der Waals surface area contributed by atoms with E-state index in [9.17, 15) is 32.2 Å². The van der Waals surface area contributed by atoms with Crippen LogP contribution in [-0.2, 0) is 6.42 Å². The Morgan fingerprint density at radius 3 is 2.42 bits per heavy atom. The Hall–Kier alpha value is -1.48. The van der Waals surface area contributed by atoms with Gasteiger partial charge in [-0.15, -0.1) is 0 Å². The van der Waals surface area contributed by atoms with Crippen LogP contribution in [0.2, 0.25) is 0 Å². The molecule has 0 saturated heterocycles. The summed E-state index contributed by atoms with van der Waals surface area (Å²) in [6.45, 7) is 5.13. The standard InChI is InChI=1S/C34H51F6NO2/c1-22(41(3)18-10-6-4-5-9-17-33(36,37)34(38,39)40)11-7-8-12-23-19-24-20-25(42)13-14-26(24)31-28(35)21-32(2)27(30(23)31)15-16-29(32)43/h13-14,20,22-23,27-31,42-43H,4-12,15-19,21H2,1-3H3/t22?,23?,27-,28-,29-,30-,31-,32-/m0/s1. The maximum atomic E-state index is 15.9. The number of alkyl halides is 6. The molecule has 0 radical (unpaired) electrons. The zero-order valence-corrected chi connectivity index (χ0v) is 26.0. The van der Waals surface area contributed by atoms with E-state index in [1.54, 1.807) is 6.07 Å². The summed E-state index contributed by atoms with van der Waals surface area (Å²) < 4.78 is 78.8. The van der Waals surface area contributed by atoms with Gasteiger partial charge < -0.3 is 15.1 Å². The molecule has 3 nitrogen and oxygen atoms in total. The van der Waals surface area contributed by atoms with Crippen LogP contribution in [0.1, 0.15) is 114 Å². The molecule has 2 unspecified atom stereocenters. The molecule has 4 rings (SSSR count). The summed E-state index contributed by atoms with van der Waals surface area (Å²) in [5.74, 6) is -3.73. The Morgan fingerprint density at radius 2 is 1.70 bits per heavy atom. The zero-order valence-electron chi connectivity index (χ0n) is 26.0. The minimum Gasteiger partial charge on any atom is -0.508 e. The van der Waals surface area contributed by atoms with Gasteiger partial charge in [0.15, 0.2) is 0 Å². The van der Waals surface area contributed by atoms with E-state index in [4.69, 9.17) is 0 Å². The second-order valence-electron chi connectivity index (χ2n) is 14.2. The molecule has 246 valence electrons. The molecular formula is C34H51F6NO2. The third-order valence-electron chi connectivity index (χ3n) is 11.4. The van der Waals surface area contributed by atoms with Crippen molar-refractivity contribution in [2.45, 2.75) is 140 Å². The van der Waals surface area contributed by atoms with Crippen molar-refractivity contribution in [3.63, 3.8) is 0 Å². The van der Waals surface area contributed by atoms with Crippen LogP contribution in [0.3, 0.4) is 0 Å². The van der Waals surface area contributed by atoms with Crippen LogP contribution in [0.4, 0.5) is 26.3 Å². The minimum atomic E-state index is -5.46. The number of fused-ring (bicyclic) bond motifs is 5. The van der Waals surface area contributed by atoms with E-state index in [-0.39, 0.29) is 29.4 Å². The van der Waals surface area contributed by atoms with Gasteiger partial charge in [0.25, 0.3) is 0 Å². The molecule has 8 atom stereocenters. The summed E-state index contributed by atoms with van der Waals surface area (Å²) in [5.41, 5.74) is 1.74. The van der Waals surface area contributed by atoms with Crippen LogP contribution >= 0.6 is 0 Å². The third-order valence-corrected chi connectivity index (χ3v) is 11.4. The first-order valence-electron chi connectivity index (χ1n) is 16.4. The number of aromatic hydroxyl groups is 1. The molecule has 9 heteroatoms. The van der Waals surface area contributed by atoms with Crippen molar-refractivity contribution in [3.05, 3.63) is 29.3 Å². The molecule has 3 aliphatic carbocycles. The van der Waals surface area contributed by atoms with E-state index in [1.807, 2.05) is 12.1 Å². The Labute approximate surface area is 253 Å². The highest BCUT2D eigenvalue weighted by Gasteiger charge is 2.60. The molecule has 0 aliphatic heterocycles. The number of hydrogen-bond donors (Lipinski definition) is 2. The predicted octanol–water partition coefficient (Wildman–Crippen LogP) is 9.20. The number of phenols is 1. The normalized spacial score (nSPS) is 31.5. The molecule has 3 aliphatic rings. The Bertz CT molecular complexity index is 1050. The van der Waals surface area contributed by atoms with Gasteiger partial charge >= 0.3 is 12.1 Å². The average molecular weight is 620 g/mol. The summed E-state index contributed by atoms with van der Waals surface area (Å²) in [7, 11) is 2.07. The minimum absolute atomic E-state index is 0.124. The van der Waals surface area contributed by atoms with Crippen LogP contribution in [0.5, 0.6) is 5.75 Å². The van der Waals surface area contributed by atoms with E-state index in [0.29, 0.717) is 37.1 Å². The number of rotatable bonds is 14. The SMILES string of the molecule is CC(CCCCC1Cc2cc(O)ccc2[C@@H]2[C@@H]1[C@@H]1CC[C@H](O)[C@@]1(C)C[C@@H]2F)N(C)CCCCCCCC(F)(F)C(F)(F)F. The van der Waals surface area contributed by atoms with Gasteiger partial charge in [0.2, 0.25) is 0 Å². The van der Waals surface area contributed by atoms with Crippen molar-refractivity contribution in [2.75, 3.05) is 13.6 Å². The number of nitrogens with zero attached hydrogens (tertiary/aromatic N) is 1. The van der Waals surface area contributed by atoms with E-state index in [2.05, 4.69) is 25.8 Å². The molecule has 1 aromatic carbocycles. The highest BCUT2D eigenvalue weighted by atomic mass is 19.4. The quantitative estimate of drug-likeness (QED) is 0.161. The topological polar surface area (TPSA) is 43.7 Å². The van der Waals surface area contributed by atoms with Crippen LogP contribution < -0.4 is 0 Å². The first kappa shape index (κ1) is 34.4. The molecule has 43 heavy (non-hydrogen) atoms. The molecule has 0 bridgehead atoms. The average Bonchev–Trinajstić information content (AvgIpc) is 3.22. The summed E-state index contributed by atoms with van der Waals surface area (Å²) in [6.07, 6.45) is 1.54. The fourth-order valence-electron chi connectivity index (χ4n) is 8.70. The van der Waals surface area contributed by atoms with Crippen LogP contribution in [-0.4, -0.2) is 59.1 Å². The molecule has 0 aromatic heterocycles. The maximum absolute atomic E-state index is 15.9. The molecule has 2 fully saturated rings. The number of phenolic OH excluding ortho intramolecular Hbond substituents is 1. The Kier molecular flexibility index (Phi) is 11.1. The van der Waals surface area contributed by atoms with E-state index in [1.165, 1.54) is 0 Å². The lowest BCUT2D eigenvalue weighted by atomic mass is 9.51. The molecule has 2 saturated carbocycles. The van der Waals surface area contributed by atoms with Gasteiger partial charge in [0, 0.05) is 18.4 Å². The third kappa shape index (κ3) is 7.67. The molecular weight excluding hydrogens is 568 g/mol. The van der Waals surface area contributed by atoms with E-state index >= 15 is 4.39 Å². The fourth-order valence-corrected chi connectivity index (χ4v) is 8.70. The smallest absolute Gasteiger partial charge is 0.453 e. The molecule has 0 amide bonds. The first-order chi connectivity index (χ1) is 20.2. The van der Waals surface area contributed by atoms with Crippen molar-refractivity contribution in [1.29, 1.82) is 0 Å². The summed E-state index contributed by atoms with van der Waals surface area (Å²) in [4.78, 5) is 2.29. The van der Waals surface area contributed by atoms with Gasteiger partial charge in [-0.05, 0) is 118 Å². The van der Waals surface area contributed by atoms with E-state index < -0.39 is 30.8 Å². The van der Waals surface area contributed by atoms with Crippen LogP contribution in [0.25, 0.3) is 0 Å². The summed E-state index contributed by atoms with van der Waals surface area (Å²) in [5, 5.41) is 21.0. The lowest BCUT2D eigenvalue weighted by molar-refractivity contribution is -0.284. The van der Waals surface area contributed by atoms with Crippen LogP contribution in [0, 0.1) is 23.2 Å². The number of unbranched alkanes of at least 4 members (excludes halogenated alkanes) is 5. The number of halogens is 6. The molecule has 0 heterocycles. The molecule has 2 N–H and O–H groups in total. The van der Waals surface area contributed by atoms with Crippen molar-refractivity contribution in [2.24, 2.45) is 23.2 Å². The maximum Gasteiger partial charge on any atom is 0.453 e. The van der Waals surface area contributed by atoms with Crippen LogP contribution in [0.15, 0.2) is 18.2 Å². The number of aliphatic hydroxyl groups excluding tert-OH is 1. The van der Waals surface area contributed by atoms with Gasteiger partial charge in [0.05, 0.1) is 6.10 Å². The first-order valence-corrected chi connectivity index (χ1v) is 16.4. The second kappa shape index (κ2) is 13.9.